The van der Waals surface area contributed by atoms with Crippen LogP contribution in [0.1, 0.15) is 17.2 Å². The first kappa shape index (κ1) is 17.6. The molecule has 0 aliphatic rings. The minimum Gasteiger partial charge on any atom is -0.387 e. The second-order valence-electron chi connectivity index (χ2n) is 5.99. The lowest BCUT2D eigenvalue weighted by Crippen LogP contribution is -2.28. The zero-order valence-electron chi connectivity index (χ0n) is 13.9. The number of halogens is 1. The Balaban J connectivity index is 1.81. The Morgan fingerprint density at radius 2 is 1.96 bits per heavy atom. The summed E-state index contributed by atoms with van der Waals surface area (Å²) in [4.78, 5) is -0.0310. The molecule has 0 saturated heterocycles. The van der Waals surface area contributed by atoms with Crippen LogP contribution in [-0.4, -0.2) is 24.6 Å². The second kappa shape index (κ2) is 6.59. The highest BCUT2D eigenvalue weighted by atomic mass is 32.2. The molecule has 0 aliphatic carbocycles. The Morgan fingerprint density at radius 1 is 1.24 bits per heavy atom. The molecule has 7 heteroatoms. The van der Waals surface area contributed by atoms with Crippen LogP contribution in [0.25, 0.3) is 10.9 Å². The third-order valence-corrected chi connectivity index (χ3v) is 5.61. The van der Waals surface area contributed by atoms with Gasteiger partial charge >= 0.3 is 0 Å². The van der Waals surface area contributed by atoms with Crippen LogP contribution in [-0.2, 0) is 17.1 Å². The topological polar surface area (TPSA) is 71.3 Å². The zero-order valence-corrected chi connectivity index (χ0v) is 14.7. The number of aliphatic hydroxyl groups is 1. The van der Waals surface area contributed by atoms with Gasteiger partial charge in [-0.1, -0.05) is 18.2 Å². The Kier molecular flexibility index (Phi) is 4.64. The molecule has 1 heterocycles. The fourth-order valence-corrected chi connectivity index (χ4v) is 3.93. The summed E-state index contributed by atoms with van der Waals surface area (Å²) in [5.41, 5.74) is 1.85. The zero-order chi connectivity index (χ0) is 18.2. The van der Waals surface area contributed by atoms with Crippen molar-refractivity contribution in [2.75, 3.05) is 6.54 Å². The molecule has 0 amide bonds. The quantitative estimate of drug-likeness (QED) is 0.733. The number of hydrogen-bond acceptors (Lipinski definition) is 3. The number of nitrogens with zero attached hydrogens (tertiary/aromatic N) is 1. The number of fused-ring (bicyclic) bond motifs is 1. The summed E-state index contributed by atoms with van der Waals surface area (Å²) in [7, 11) is -1.97. The van der Waals surface area contributed by atoms with Crippen LogP contribution in [0, 0.1) is 12.7 Å². The number of rotatable bonds is 5. The Morgan fingerprint density at radius 3 is 2.68 bits per heavy atom. The van der Waals surface area contributed by atoms with Gasteiger partial charge < -0.3 is 9.67 Å². The lowest BCUT2D eigenvalue weighted by atomic mass is 10.1. The molecule has 1 atom stereocenters. The third kappa shape index (κ3) is 3.44. The van der Waals surface area contributed by atoms with Crippen molar-refractivity contribution in [3.63, 3.8) is 0 Å². The van der Waals surface area contributed by atoms with E-state index in [4.69, 9.17) is 0 Å². The number of aryl methyl sites for hydroxylation is 2. The van der Waals surface area contributed by atoms with Gasteiger partial charge in [0.25, 0.3) is 0 Å². The van der Waals surface area contributed by atoms with Crippen LogP contribution in [0.3, 0.4) is 0 Å². The fraction of sp³-hybridized carbons (Fsp3) is 0.222. The van der Waals surface area contributed by atoms with E-state index in [1.165, 1.54) is 19.1 Å². The predicted octanol–water partition coefficient (Wildman–Crippen LogP) is 2.64. The van der Waals surface area contributed by atoms with Gasteiger partial charge in [0.05, 0.1) is 11.0 Å². The maximum atomic E-state index is 13.3. The van der Waals surface area contributed by atoms with Gasteiger partial charge in [-0.05, 0) is 36.8 Å². The Labute approximate surface area is 145 Å². The molecule has 1 unspecified atom stereocenters. The average molecular weight is 362 g/mol. The second-order valence-corrected chi connectivity index (χ2v) is 7.76. The Hall–Kier alpha value is -2.22. The van der Waals surface area contributed by atoms with Crippen molar-refractivity contribution >= 4 is 20.9 Å². The molecule has 0 radical (unpaired) electrons. The van der Waals surface area contributed by atoms with Crippen molar-refractivity contribution in [3.8, 4) is 0 Å². The van der Waals surface area contributed by atoms with Crippen LogP contribution in [0.2, 0.25) is 0 Å². The molecule has 25 heavy (non-hydrogen) atoms. The summed E-state index contributed by atoms with van der Waals surface area (Å²) >= 11 is 0. The highest BCUT2D eigenvalue weighted by Crippen LogP contribution is 2.26. The van der Waals surface area contributed by atoms with E-state index in [0.29, 0.717) is 5.56 Å². The van der Waals surface area contributed by atoms with Crippen LogP contribution >= 0.6 is 0 Å². The molecule has 132 valence electrons. The number of aromatic nitrogens is 1. The first-order valence-corrected chi connectivity index (χ1v) is 9.26. The molecular weight excluding hydrogens is 343 g/mol. The number of nitrogens with one attached hydrogen (secondary N) is 1. The van der Waals surface area contributed by atoms with Crippen LogP contribution in [0.4, 0.5) is 4.39 Å². The van der Waals surface area contributed by atoms with Gasteiger partial charge in [0, 0.05) is 36.3 Å². The fourth-order valence-electron chi connectivity index (χ4n) is 2.80. The maximum Gasteiger partial charge on any atom is 0.240 e. The maximum absolute atomic E-state index is 13.3. The van der Waals surface area contributed by atoms with Crippen LogP contribution in [0.5, 0.6) is 0 Å². The summed E-state index contributed by atoms with van der Waals surface area (Å²) in [6, 6.07) is 11.2. The number of aliphatic hydroxyl groups excluding tert-OH is 1. The molecule has 2 aromatic carbocycles. The molecule has 3 aromatic rings. The highest BCUT2D eigenvalue weighted by Gasteiger charge is 2.20. The molecule has 0 spiro atoms. The standard InChI is InChI=1S/C18H19FN2O3S/c1-12-9-13(7-8-16(12)19)25(23,24)20-10-18(22)15-11-21(2)17-6-4-3-5-14(15)17/h3-9,11,18,20,22H,10H2,1-2H3. The molecule has 3 rings (SSSR count). The third-order valence-electron chi connectivity index (χ3n) is 4.19. The van der Waals surface area contributed by atoms with E-state index in [1.54, 1.807) is 6.20 Å². The lowest BCUT2D eigenvalue weighted by molar-refractivity contribution is 0.183. The SMILES string of the molecule is Cc1cc(S(=O)(=O)NCC(O)c2cn(C)c3ccccc23)ccc1F. The number of benzene rings is 2. The minimum atomic E-state index is -3.83. The molecular formula is C18H19FN2O3S. The summed E-state index contributed by atoms with van der Waals surface area (Å²) < 4.78 is 42.3. The summed E-state index contributed by atoms with van der Waals surface area (Å²) in [6.07, 6.45) is 0.786. The van der Waals surface area contributed by atoms with Gasteiger partial charge in [-0.3, -0.25) is 0 Å². The van der Waals surface area contributed by atoms with E-state index in [1.807, 2.05) is 35.9 Å². The monoisotopic (exact) mass is 362 g/mol. The van der Waals surface area contributed by atoms with Gasteiger partial charge in [0.15, 0.2) is 0 Å². The molecule has 0 saturated carbocycles. The van der Waals surface area contributed by atoms with E-state index in [9.17, 15) is 17.9 Å². The normalized spacial score (nSPS) is 13.3. The summed E-state index contributed by atoms with van der Waals surface area (Å²) in [6.45, 7) is 1.33. The average Bonchev–Trinajstić information content (AvgIpc) is 2.92. The van der Waals surface area contributed by atoms with Crippen molar-refractivity contribution < 1.29 is 17.9 Å². The van der Waals surface area contributed by atoms with Gasteiger partial charge in [-0.15, -0.1) is 0 Å². The predicted molar refractivity (Wildman–Crippen MR) is 94.2 cm³/mol. The van der Waals surface area contributed by atoms with Gasteiger partial charge in [-0.25, -0.2) is 17.5 Å². The molecule has 2 N–H and O–H groups in total. The highest BCUT2D eigenvalue weighted by molar-refractivity contribution is 7.89. The summed E-state index contributed by atoms with van der Waals surface area (Å²) in [5.74, 6) is -0.463. The van der Waals surface area contributed by atoms with Crippen LogP contribution < -0.4 is 4.72 Å². The number of sulfonamides is 1. The van der Waals surface area contributed by atoms with E-state index in [0.717, 1.165) is 17.0 Å². The van der Waals surface area contributed by atoms with Crippen LogP contribution in [0.15, 0.2) is 53.6 Å². The van der Waals surface area contributed by atoms with Gasteiger partial charge in [-0.2, -0.15) is 0 Å². The van der Waals surface area contributed by atoms with Crippen molar-refractivity contribution in [2.45, 2.75) is 17.9 Å². The molecule has 0 fully saturated rings. The Bertz CT molecular complexity index is 1030. The largest absolute Gasteiger partial charge is 0.387 e. The van der Waals surface area contributed by atoms with E-state index >= 15 is 0 Å². The van der Waals surface area contributed by atoms with Gasteiger partial charge in [0.1, 0.15) is 5.82 Å². The molecule has 0 bridgehead atoms. The van der Waals surface area contributed by atoms with E-state index in [2.05, 4.69) is 4.72 Å². The number of para-hydroxylation sites is 1. The van der Waals surface area contributed by atoms with E-state index in [-0.39, 0.29) is 17.0 Å². The van der Waals surface area contributed by atoms with E-state index < -0.39 is 21.9 Å². The molecule has 5 nitrogen and oxygen atoms in total. The molecule has 0 aliphatic heterocycles. The summed E-state index contributed by atoms with van der Waals surface area (Å²) in [5, 5.41) is 11.3. The first-order chi connectivity index (χ1) is 11.8. The minimum absolute atomic E-state index is 0.0310. The number of hydrogen-bond donors (Lipinski definition) is 2. The lowest BCUT2D eigenvalue weighted by Gasteiger charge is -2.12. The smallest absolute Gasteiger partial charge is 0.240 e. The molecule has 1 aromatic heterocycles. The van der Waals surface area contributed by atoms with Crippen molar-refractivity contribution in [2.24, 2.45) is 7.05 Å². The van der Waals surface area contributed by atoms with Crippen molar-refractivity contribution in [3.05, 3.63) is 65.6 Å². The van der Waals surface area contributed by atoms with Crippen molar-refractivity contribution in [1.82, 2.24) is 9.29 Å². The first-order valence-electron chi connectivity index (χ1n) is 7.77. The van der Waals surface area contributed by atoms with Gasteiger partial charge in [0.2, 0.25) is 10.0 Å². The van der Waals surface area contributed by atoms with Crippen molar-refractivity contribution in [1.29, 1.82) is 0 Å².